The molecule has 1 unspecified atom stereocenters. The molecule has 16 aliphatic heterocycles. The molecular formula is C84H85F2N23O28. The molecule has 0 radical (unpaired) electrons. The molecule has 0 aromatic carbocycles. The molecule has 0 bridgehead atoms. The van der Waals surface area contributed by atoms with Crippen LogP contribution in [0.2, 0.25) is 0 Å². The highest BCUT2D eigenvalue weighted by atomic mass is 19.3. The number of hydrogen-bond donors (Lipinski definition) is 8. The van der Waals surface area contributed by atoms with Gasteiger partial charge in [-0.2, -0.15) is 8.78 Å². The van der Waals surface area contributed by atoms with Gasteiger partial charge in [-0.25, -0.2) is 38.4 Å². The van der Waals surface area contributed by atoms with E-state index in [0.717, 1.165) is 4.90 Å². The maximum atomic E-state index is 14.0. The van der Waals surface area contributed by atoms with Gasteiger partial charge in [0.1, 0.15) is 50.6 Å². The minimum Gasteiger partial charge on any atom is -0.449 e. The molecule has 8 saturated heterocycles. The van der Waals surface area contributed by atoms with Crippen molar-refractivity contribution in [2.75, 3.05) is 94.3 Å². The number of carbonyl (C=O) groups excluding carboxylic acids is 16. The van der Waals surface area contributed by atoms with Gasteiger partial charge in [0.15, 0.2) is 29.5 Å². The molecule has 16 N–H and O–H groups in total. The lowest BCUT2D eigenvalue weighted by Gasteiger charge is -2.40. The largest absolute Gasteiger partial charge is 0.449 e. The van der Waals surface area contributed by atoms with Gasteiger partial charge in [-0.1, -0.05) is 5.92 Å². The molecule has 53 heteroatoms. The SMILES string of the molecule is C#CC(F)(F)C1(OC(=O)N2[C@H]3[C@@H]2CN2C4=C(C(=O)C(N)=C(C)C4=O)[C@@H](COC(N)=O)[C@@]32OC)N=N1.C#CC1(COC(=O)N2[C@H]3[C@@H]2CN2C4=C(C(=O)C(N)=C(C)C4=O)[C@@H](COC(N)=O)[C@@]32OC)N=N1.C#CCC1(OC(=O)N2[C@H]3[C@@H]2CN2C4=C(C(=O)C(N)=C(C)C4=O)[C@@H](COC(N)=O)[C@@]32OC)N=N1.C#CCCC1(CCOC(=O)N2[C@H]3[C@@H]2CN2C4=C(C(=O)C(N)=C(C)C4=O)[C@@H](COC(N)=O)[C@@]32OC)C=N1. The number of piperazine rings is 4. The number of primary amides is 4. The van der Waals surface area contributed by atoms with Gasteiger partial charge in [-0.3, -0.25) is 62.9 Å². The first-order valence-corrected chi connectivity index (χ1v) is 42.0. The van der Waals surface area contributed by atoms with Crippen molar-refractivity contribution in [3.05, 3.63) is 90.2 Å². The number of rotatable bonds is 23. The second-order valence-electron chi connectivity index (χ2n) is 34.7. The molecule has 0 saturated carbocycles. The lowest BCUT2D eigenvalue weighted by Crippen LogP contribution is -2.56. The van der Waals surface area contributed by atoms with E-state index in [9.17, 15) is 85.5 Å². The Morgan fingerprint density at radius 2 is 0.737 bits per heavy atom. The molecule has 718 valence electrons. The number of carbonyl (C=O) groups is 16. The first-order valence-electron chi connectivity index (χ1n) is 42.0. The Kier molecular flexibility index (Phi) is 21.5. The van der Waals surface area contributed by atoms with Crippen LogP contribution in [0.5, 0.6) is 0 Å². The highest BCUT2D eigenvalue weighted by molar-refractivity contribution is 6.28. The lowest BCUT2D eigenvalue weighted by molar-refractivity contribution is -0.147. The van der Waals surface area contributed by atoms with Gasteiger partial charge in [0.05, 0.1) is 112 Å². The van der Waals surface area contributed by atoms with Gasteiger partial charge >= 0.3 is 66.4 Å². The smallest absolute Gasteiger partial charge is 0.415 e. The molecule has 0 aromatic rings. The average molecular weight is 1900 g/mol. The number of alkyl halides is 2. The molecule has 51 nitrogen and oxygen atoms in total. The number of Topliss-reactive ketones (excluding diaryl/α,β-unsaturated/α-hetero) is 8. The highest BCUT2D eigenvalue weighted by Crippen LogP contribution is 2.66. The van der Waals surface area contributed by atoms with E-state index in [1.54, 1.807) is 14.7 Å². The van der Waals surface area contributed by atoms with Crippen LogP contribution in [-0.2, 0) is 95.2 Å². The fourth-order valence-corrected chi connectivity index (χ4v) is 21.6. The molecular weight excluding hydrogens is 1820 g/mol. The summed E-state index contributed by atoms with van der Waals surface area (Å²) in [7, 11) is 5.47. The van der Waals surface area contributed by atoms with Gasteiger partial charge in [-0.15, -0.1) is 62.3 Å². The van der Waals surface area contributed by atoms with E-state index in [-0.39, 0.29) is 173 Å². The molecule has 0 spiro atoms. The van der Waals surface area contributed by atoms with Crippen LogP contribution < -0.4 is 45.9 Å². The monoisotopic (exact) mass is 1900 g/mol. The number of amides is 8. The number of terminal acetylenes is 4. The zero-order valence-electron chi connectivity index (χ0n) is 73.7. The number of nitrogens with zero attached hydrogens (tertiary/aromatic N) is 15. The number of allylic oxidation sites excluding steroid dienone is 8. The summed E-state index contributed by atoms with van der Waals surface area (Å²) in [6.45, 7) is 4.84. The van der Waals surface area contributed by atoms with Crippen molar-refractivity contribution in [2.24, 2.45) is 105 Å². The summed E-state index contributed by atoms with van der Waals surface area (Å²) in [4.78, 5) is 218. The number of ether oxygens (including phenoxy) is 12. The number of nitrogens with two attached hydrogens (primary N) is 8. The Hall–Kier alpha value is -15.7. The van der Waals surface area contributed by atoms with E-state index in [1.165, 1.54) is 81.7 Å². The van der Waals surface area contributed by atoms with Crippen LogP contribution in [-0.4, -0.2) is 335 Å². The molecule has 4 aliphatic carbocycles. The van der Waals surface area contributed by atoms with Crippen LogP contribution in [0.25, 0.3) is 0 Å². The third-order valence-corrected chi connectivity index (χ3v) is 28.5. The second-order valence-corrected chi connectivity index (χ2v) is 34.7. The van der Waals surface area contributed by atoms with Gasteiger partial charge < -0.3 is 122 Å². The standard InChI is InChI=1S/C24H27N5O7.C20H18F2N6O7.2C20H20N6O7/c1-4-5-6-23(11-27-23)7-8-35-22(33)29-14-9-28-17-15(19(31)16(25)12(2)18(17)30)13(10-36-21(26)32)24(28,34-3)20(14)29;1-4-18(21,22)20(25-26-20)35-17(32)28-9-5-27-12-10(14(30)11(23)7(2)13(12)29)8(6-34-16(24)31)19(27,33-3)15(9)28;1-4-19(23-24-19)7-33-18(30)26-10-5-25-13-11(15(28)12(21)8(2)14(13)27)9(6-32-17(22)29)20(25,31-3)16(10)26;1-4-5-19(23-24-19)33-18(30)26-10-6-25-13-11(15(28)12(21)8(2)14(13)27)9(7-32-17(22)29)20(25,31-3)16(10)26/h1,11,13-14,20H,5-10,25H2,2-3H3,(H2,26,32);1,8-9,15H,5-6,23H2,2-3H3,(H2,24,31);2*1,9-10,16H,5-7,21H2,2-3H3,(H2,22,29)/t13-,14+,20+,23?,24-,29?;8-,9+,15+,19-,28?;2*9-,10+,16+,20-,26?/m1111/s1. The van der Waals surface area contributed by atoms with Crippen molar-refractivity contribution < 1.29 is 142 Å². The van der Waals surface area contributed by atoms with E-state index in [4.69, 9.17) is 128 Å². The first kappa shape index (κ1) is 93.1. The number of aliphatic imine (C=N–C) groups is 1. The van der Waals surface area contributed by atoms with E-state index in [0.29, 0.717) is 19.3 Å². The van der Waals surface area contributed by atoms with E-state index in [2.05, 4.69) is 53.4 Å². The zero-order chi connectivity index (χ0) is 99.4. The second kappa shape index (κ2) is 31.7. The number of ketones is 8. The average Bonchev–Trinajstić information content (AvgIpc) is 1.49. The summed E-state index contributed by atoms with van der Waals surface area (Å²) in [5.74, 6) is -7.62. The van der Waals surface area contributed by atoms with Crippen LogP contribution in [0.4, 0.5) is 47.1 Å². The quantitative estimate of drug-likeness (QED) is 0.0232. The van der Waals surface area contributed by atoms with Crippen molar-refractivity contribution in [3.63, 3.8) is 0 Å². The molecule has 20 rings (SSSR count). The molecule has 0 aromatic heterocycles. The summed E-state index contributed by atoms with van der Waals surface area (Å²) >= 11 is 0. The minimum atomic E-state index is -3.97. The van der Waals surface area contributed by atoms with E-state index < -0.39 is 208 Å². The molecule has 8 fully saturated rings. The third kappa shape index (κ3) is 13.3. The maximum Gasteiger partial charge on any atom is 0.415 e. The van der Waals surface area contributed by atoms with Crippen LogP contribution in [0.1, 0.15) is 53.4 Å². The van der Waals surface area contributed by atoms with Gasteiger partial charge in [0.25, 0.3) is 5.66 Å². The number of halogens is 2. The number of hydrogen-bond acceptors (Lipinski definition) is 43. The molecule has 17 atom stereocenters. The first-order chi connectivity index (χ1) is 64.8. The van der Waals surface area contributed by atoms with Gasteiger partial charge in [0, 0.05) is 118 Å². The molecule has 16 heterocycles. The Morgan fingerprint density at radius 1 is 0.431 bits per heavy atom. The summed E-state index contributed by atoms with van der Waals surface area (Å²) in [6.07, 6.45) is 16.9. The number of methoxy groups -OCH3 is 4. The minimum absolute atomic E-state index is 0.00160. The summed E-state index contributed by atoms with van der Waals surface area (Å²) in [6, 6.07) is -4.39. The van der Waals surface area contributed by atoms with Gasteiger partial charge in [-0.05, 0) is 46.0 Å². The van der Waals surface area contributed by atoms with Crippen molar-refractivity contribution >= 4 is 101 Å². The predicted molar refractivity (Wildman–Crippen MR) is 444 cm³/mol. The predicted octanol–water partition coefficient (Wildman–Crippen LogP) is -2.26. The zero-order valence-corrected chi connectivity index (χ0v) is 73.7. The van der Waals surface area contributed by atoms with Crippen LogP contribution in [0, 0.1) is 73.0 Å². The molecule has 137 heavy (non-hydrogen) atoms. The summed E-state index contributed by atoms with van der Waals surface area (Å²) in [5.41, 5.74) is 37.3. The molecule has 20 aliphatic rings. The van der Waals surface area contributed by atoms with Crippen LogP contribution >= 0.6 is 0 Å². The Balaban J connectivity index is 0.000000127. The van der Waals surface area contributed by atoms with Crippen molar-refractivity contribution in [1.82, 2.24) is 39.2 Å². The normalized spacial score (nSPS) is 32.4. The Morgan fingerprint density at radius 3 is 0.993 bits per heavy atom. The topological polar surface area (TPSA) is 704 Å². The fraction of sp³-hybridized carbons (Fsp3) is 0.512. The third-order valence-electron chi connectivity index (χ3n) is 28.5. The molecule has 8 amide bonds. The van der Waals surface area contributed by atoms with Gasteiger partial charge in [0.2, 0.25) is 46.3 Å². The van der Waals surface area contributed by atoms with E-state index >= 15 is 0 Å². The van der Waals surface area contributed by atoms with E-state index in [1.807, 2.05) is 6.21 Å². The maximum absolute atomic E-state index is 14.0. The van der Waals surface area contributed by atoms with Crippen LogP contribution in [0.3, 0.4) is 0 Å². The van der Waals surface area contributed by atoms with Crippen molar-refractivity contribution in [2.45, 2.75) is 153 Å². The highest BCUT2D eigenvalue weighted by Gasteiger charge is 2.84. The van der Waals surface area contributed by atoms with Crippen molar-refractivity contribution in [3.8, 4) is 49.4 Å². The van der Waals surface area contributed by atoms with Crippen LogP contribution in [0.15, 0.2) is 126 Å². The Bertz CT molecular complexity index is 6250. The fourth-order valence-electron chi connectivity index (χ4n) is 21.6. The Labute approximate surface area is 772 Å². The van der Waals surface area contributed by atoms with Crippen molar-refractivity contribution in [1.29, 1.82) is 0 Å². The summed E-state index contributed by atoms with van der Waals surface area (Å²) < 4.78 is 92.7. The lowest BCUT2D eigenvalue weighted by atomic mass is 9.82. The number of fused-ring (bicyclic) bond motifs is 16. The summed E-state index contributed by atoms with van der Waals surface area (Å²) in [5, 5.41) is 21.0.